The van der Waals surface area contributed by atoms with Gasteiger partial charge in [-0.15, -0.1) is 0 Å². The van der Waals surface area contributed by atoms with Crippen LogP contribution in [0.2, 0.25) is 0 Å². The van der Waals surface area contributed by atoms with Crippen LogP contribution in [0.25, 0.3) is 0 Å². The number of carboxylic acid groups (broad SMARTS) is 1. The fraction of sp³-hybridized carbons (Fsp3) is 0.644. The Hall–Kier alpha value is -5.52. The van der Waals surface area contributed by atoms with Crippen LogP contribution in [-0.2, 0) is 38.2 Å². The van der Waals surface area contributed by atoms with Gasteiger partial charge in [-0.25, -0.2) is 9.59 Å². The number of carboxylic acids is 1. The Kier molecular flexibility index (Phi) is 18.5. The standard InChI is InChI=1S/C45H63N5O13/c1-45(2,3)39(48-41(55)29(17-11-12-18-37(53)62-4)23-35(51)33-24-30(50(60)61)19-20-31(33)44(58)59)43(57)49-21-22-63-26-34(49)42(56)47-38(28-15-9-6-10-16-28)36(52)25-32(40(46)54)27-13-7-5-8-14-27/h12,18-20,24,27-29,32,34,38-39H,5-11,13-17,21-23,25-26H2,1-4H3,(H2,46,54)(H,47,56)(H,48,55)(H,58,59)/b18-12+/t29-,32+,34+,38+,39-/m1/s1. The number of nitro benzene ring substituents is 1. The number of ketones is 2. The van der Waals surface area contributed by atoms with E-state index in [1.54, 1.807) is 20.8 Å². The summed E-state index contributed by atoms with van der Waals surface area (Å²) in [6.07, 6.45) is 10.6. The molecule has 0 spiro atoms. The van der Waals surface area contributed by atoms with Crippen LogP contribution in [-0.4, -0.2) is 107 Å². The van der Waals surface area contributed by atoms with Crippen molar-refractivity contribution in [2.75, 3.05) is 26.9 Å². The molecule has 4 rings (SSSR count). The number of allylic oxidation sites excluding steroid dienone is 1. The normalized spacial score (nSPS) is 19.6. The topological polar surface area (TPSA) is 272 Å². The van der Waals surface area contributed by atoms with Crippen LogP contribution in [0.15, 0.2) is 30.4 Å². The zero-order chi connectivity index (χ0) is 46.4. The second kappa shape index (κ2) is 23.2. The first-order chi connectivity index (χ1) is 29.8. The number of amides is 4. The van der Waals surface area contributed by atoms with Crippen LogP contribution in [0.5, 0.6) is 0 Å². The van der Waals surface area contributed by atoms with Crippen LogP contribution in [0.3, 0.4) is 0 Å². The second-order valence-electron chi connectivity index (χ2n) is 18.0. The highest BCUT2D eigenvalue weighted by Crippen LogP contribution is 2.34. The number of nitrogens with zero attached hydrogens (tertiary/aromatic N) is 2. The maximum absolute atomic E-state index is 14.7. The molecule has 1 saturated heterocycles. The summed E-state index contributed by atoms with van der Waals surface area (Å²) in [5.41, 5.74) is 3.37. The second-order valence-corrected chi connectivity index (χ2v) is 18.0. The van der Waals surface area contributed by atoms with E-state index in [2.05, 4.69) is 15.4 Å². The summed E-state index contributed by atoms with van der Waals surface area (Å²) in [5, 5.41) is 27.0. The minimum absolute atomic E-state index is 0.0108. The molecule has 0 unspecified atom stereocenters. The van der Waals surface area contributed by atoms with Crippen LogP contribution in [0.4, 0.5) is 5.69 Å². The van der Waals surface area contributed by atoms with Gasteiger partial charge in [0.15, 0.2) is 11.6 Å². The van der Waals surface area contributed by atoms with Gasteiger partial charge in [0.2, 0.25) is 23.6 Å². The van der Waals surface area contributed by atoms with E-state index in [0.717, 1.165) is 75.6 Å². The van der Waals surface area contributed by atoms with Crippen molar-refractivity contribution in [1.29, 1.82) is 0 Å². The molecule has 1 aromatic rings. The lowest BCUT2D eigenvalue weighted by Gasteiger charge is -2.41. The number of ether oxygens (including phenoxy) is 2. The van der Waals surface area contributed by atoms with E-state index in [9.17, 15) is 53.6 Å². The molecule has 2 saturated carbocycles. The number of esters is 1. The Balaban J connectivity index is 1.60. The summed E-state index contributed by atoms with van der Waals surface area (Å²) >= 11 is 0. The van der Waals surface area contributed by atoms with Gasteiger partial charge < -0.3 is 35.8 Å². The van der Waals surface area contributed by atoms with Crippen molar-refractivity contribution in [1.82, 2.24) is 15.5 Å². The summed E-state index contributed by atoms with van der Waals surface area (Å²) in [5.74, 6) is -7.95. The van der Waals surface area contributed by atoms with Gasteiger partial charge in [-0.3, -0.25) is 38.9 Å². The maximum Gasteiger partial charge on any atom is 0.336 e. The van der Waals surface area contributed by atoms with E-state index in [1.807, 2.05) is 0 Å². The summed E-state index contributed by atoms with van der Waals surface area (Å²) in [6.45, 7) is 4.95. The number of primary amides is 1. The summed E-state index contributed by atoms with van der Waals surface area (Å²) < 4.78 is 10.3. The van der Waals surface area contributed by atoms with E-state index in [0.29, 0.717) is 12.8 Å². The molecule has 5 N–H and O–H groups in total. The van der Waals surface area contributed by atoms with Crippen LogP contribution < -0.4 is 16.4 Å². The molecule has 0 bridgehead atoms. The van der Waals surface area contributed by atoms with Crippen molar-refractivity contribution in [3.05, 3.63) is 51.6 Å². The van der Waals surface area contributed by atoms with Gasteiger partial charge in [-0.2, -0.15) is 0 Å². The van der Waals surface area contributed by atoms with Gasteiger partial charge in [0.1, 0.15) is 12.1 Å². The lowest BCUT2D eigenvalue weighted by molar-refractivity contribution is -0.384. The fourth-order valence-electron chi connectivity index (χ4n) is 8.98. The Bertz CT molecular complexity index is 1900. The maximum atomic E-state index is 14.7. The number of methoxy groups -OCH3 is 1. The number of Topliss-reactive ketones (excluding diaryl/α,β-unsaturated/α-hetero) is 2. The number of carbonyl (C=O) groups is 8. The molecule has 18 heteroatoms. The van der Waals surface area contributed by atoms with Gasteiger partial charge >= 0.3 is 11.9 Å². The molecule has 1 heterocycles. The first kappa shape index (κ1) is 50.1. The minimum atomic E-state index is -1.51. The number of nitro groups is 1. The summed E-state index contributed by atoms with van der Waals surface area (Å²) in [7, 11) is 1.18. The van der Waals surface area contributed by atoms with Gasteiger partial charge in [0, 0.05) is 55.0 Å². The fourth-order valence-corrected chi connectivity index (χ4v) is 8.98. The van der Waals surface area contributed by atoms with Crippen molar-refractivity contribution in [3.63, 3.8) is 0 Å². The number of benzene rings is 1. The number of non-ortho nitro benzene ring substituents is 1. The van der Waals surface area contributed by atoms with E-state index >= 15 is 0 Å². The average Bonchev–Trinajstić information content (AvgIpc) is 3.26. The zero-order valence-electron chi connectivity index (χ0n) is 36.8. The minimum Gasteiger partial charge on any atom is -0.478 e. The van der Waals surface area contributed by atoms with E-state index in [4.69, 9.17) is 10.5 Å². The van der Waals surface area contributed by atoms with Gasteiger partial charge in [0.25, 0.3) is 5.69 Å². The van der Waals surface area contributed by atoms with Gasteiger partial charge in [-0.05, 0) is 61.8 Å². The number of rotatable bonds is 20. The number of hydrogen-bond acceptors (Lipinski definition) is 12. The molecule has 1 aromatic carbocycles. The third kappa shape index (κ3) is 14.0. The molecular formula is C45H63N5O13. The SMILES string of the molecule is COC(=O)/C=C/CC[C@H](CC(=O)c1cc([N+](=O)[O-])ccc1C(=O)O)C(=O)N[C@H](C(=O)N1CCOC[C@H]1C(=O)N[C@H](C(=O)C[C@H](C(N)=O)C1CCCCC1)C1CCCCC1)C(C)(C)C. The molecule has 1 aliphatic heterocycles. The first-order valence-electron chi connectivity index (χ1n) is 21.9. The van der Waals surface area contributed by atoms with Crippen molar-refractivity contribution in [3.8, 4) is 0 Å². The quantitative estimate of drug-likeness (QED) is 0.0464. The molecule has 346 valence electrons. The molecule has 3 aliphatic rings. The first-order valence-corrected chi connectivity index (χ1v) is 21.9. The van der Waals surface area contributed by atoms with E-state index in [1.165, 1.54) is 18.1 Å². The molecule has 18 nitrogen and oxygen atoms in total. The predicted octanol–water partition coefficient (Wildman–Crippen LogP) is 4.46. The van der Waals surface area contributed by atoms with Crippen molar-refractivity contribution >= 4 is 52.8 Å². The Morgan fingerprint density at radius 1 is 0.952 bits per heavy atom. The summed E-state index contributed by atoms with van der Waals surface area (Å²) in [6, 6.07) is -0.667. The molecule has 0 radical (unpaired) electrons. The monoisotopic (exact) mass is 881 g/mol. The Morgan fingerprint density at radius 3 is 2.16 bits per heavy atom. The summed E-state index contributed by atoms with van der Waals surface area (Å²) in [4.78, 5) is 120. The largest absolute Gasteiger partial charge is 0.478 e. The molecule has 2 aliphatic carbocycles. The van der Waals surface area contributed by atoms with E-state index in [-0.39, 0.29) is 56.6 Å². The van der Waals surface area contributed by atoms with Crippen molar-refractivity contribution < 1.29 is 57.9 Å². The van der Waals surface area contributed by atoms with Crippen molar-refractivity contribution in [2.24, 2.45) is 34.8 Å². The smallest absolute Gasteiger partial charge is 0.336 e. The van der Waals surface area contributed by atoms with Crippen LogP contribution in [0, 0.1) is 39.2 Å². The number of carbonyl (C=O) groups excluding carboxylic acids is 7. The predicted molar refractivity (Wildman–Crippen MR) is 228 cm³/mol. The van der Waals surface area contributed by atoms with Crippen LogP contribution in [0.1, 0.15) is 131 Å². The number of nitrogens with one attached hydrogen (secondary N) is 2. The number of hydrogen-bond donors (Lipinski definition) is 4. The molecule has 3 fully saturated rings. The lowest BCUT2D eigenvalue weighted by atomic mass is 9.75. The van der Waals surface area contributed by atoms with Crippen molar-refractivity contribution in [2.45, 2.75) is 129 Å². The highest BCUT2D eigenvalue weighted by molar-refractivity contribution is 6.07. The van der Waals surface area contributed by atoms with E-state index < -0.39 is 105 Å². The molecule has 63 heavy (non-hydrogen) atoms. The Labute approximate surface area is 367 Å². The number of aromatic carboxylic acids is 1. The highest BCUT2D eigenvalue weighted by Gasteiger charge is 2.44. The Morgan fingerprint density at radius 2 is 1.59 bits per heavy atom. The molecular weight excluding hydrogens is 819 g/mol. The average molecular weight is 882 g/mol. The lowest BCUT2D eigenvalue weighted by Crippen LogP contribution is -2.64. The zero-order valence-corrected chi connectivity index (χ0v) is 36.8. The van der Waals surface area contributed by atoms with Gasteiger partial charge in [0.05, 0.1) is 36.9 Å². The third-order valence-electron chi connectivity index (χ3n) is 12.6. The number of morpholine rings is 1. The molecule has 5 atom stereocenters. The number of nitrogens with two attached hydrogens (primary N) is 1. The van der Waals surface area contributed by atoms with Crippen LogP contribution >= 0.6 is 0 Å². The highest BCUT2D eigenvalue weighted by atomic mass is 16.6. The van der Waals surface area contributed by atoms with Gasteiger partial charge in [-0.1, -0.05) is 65.4 Å². The molecule has 0 aromatic heterocycles. The third-order valence-corrected chi connectivity index (χ3v) is 12.6. The molecule has 4 amide bonds.